The molecule has 1 aromatic heterocycles. The topological polar surface area (TPSA) is 44.3 Å². The second-order valence-corrected chi connectivity index (χ2v) is 6.30. The third-order valence-corrected chi connectivity index (χ3v) is 4.08. The largest absolute Gasteiger partial charge is 0.374 e. The number of nitrogens with zero attached hydrogens (tertiary/aromatic N) is 4. The lowest BCUT2D eigenvalue weighted by atomic mass is 10.2. The summed E-state index contributed by atoms with van der Waals surface area (Å²) in [5.74, 6) is 0.759. The van der Waals surface area contributed by atoms with Crippen LogP contribution < -0.4 is 5.32 Å². The van der Waals surface area contributed by atoms with Crippen LogP contribution in [-0.2, 0) is 6.54 Å². The molecule has 0 spiro atoms. The molecule has 1 aliphatic rings. The maximum absolute atomic E-state index is 4.25. The lowest BCUT2D eigenvalue weighted by molar-refractivity contribution is 0.116. The normalized spacial score (nSPS) is 18.1. The van der Waals surface area contributed by atoms with Gasteiger partial charge in [-0.25, -0.2) is 0 Å². The van der Waals surface area contributed by atoms with Crippen molar-refractivity contribution in [2.45, 2.75) is 27.3 Å². The molecule has 19 heavy (non-hydrogen) atoms. The van der Waals surface area contributed by atoms with E-state index in [1.165, 1.54) is 31.2 Å². The molecule has 0 bridgehead atoms. The zero-order chi connectivity index (χ0) is 13.7. The molecule has 0 radical (unpaired) electrons. The Morgan fingerprint density at radius 3 is 2.53 bits per heavy atom. The Labute approximate surface area is 120 Å². The SMILES string of the molecule is CCNc1snnc1CN1CCN(CC(C)C)CC1. The summed E-state index contributed by atoms with van der Waals surface area (Å²) in [6, 6.07) is 0. The highest BCUT2D eigenvalue weighted by atomic mass is 32.1. The summed E-state index contributed by atoms with van der Waals surface area (Å²) in [6.07, 6.45) is 0. The number of nitrogens with one attached hydrogen (secondary N) is 1. The molecule has 0 atom stereocenters. The predicted molar refractivity (Wildman–Crippen MR) is 80.6 cm³/mol. The van der Waals surface area contributed by atoms with Crippen LogP contribution in [0, 0.1) is 5.92 Å². The minimum Gasteiger partial charge on any atom is -0.374 e. The number of hydrogen-bond donors (Lipinski definition) is 1. The first-order chi connectivity index (χ1) is 9.19. The van der Waals surface area contributed by atoms with E-state index in [0.717, 1.165) is 42.8 Å². The van der Waals surface area contributed by atoms with Gasteiger partial charge in [-0.1, -0.05) is 18.3 Å². The van der Waals surface area contributed by atoms with E-state index < -0.39 is 0 Å². The Hall–Kier alpha value is -0.720. The van der Waals surface area contributed by atoms with Crippen molar-refractivity contribution in [3.05, 3.63) is 5.69 Å². The van der Waals surface area contributed by atoms with Crippen molar-refractivity contribution in [1.82, 2.24) is 19.4 Å². The number of aromatic nitrogens is 2. The second-order valence-electron chi connectivity index (χ2n) is 5.55. The number of anilines is 1. The molecular formula is C13H25N5S. The van der Waals surface area contributed by atoms with Gasteiger partial charge >= 0.3 is 0 Å². The zero-order valence-electron chi connectivity index (χ0n) is 12.2. The number of piperazine rings is 1. The van der Waals surface area contributed by atoms with Gasteiger partial charge in [0.2, 0.25) is 0 Å². The van der Waals surface area contributed by atoms with Crippen LogP contribution in [0.2, 0.25) is 0 Å². The molecule has 108 valence electrons. The van der Waals surface area contributed by atoms with E-state index in [-0.39, 0.29) is 0 Å². The summed E-state index contributed by atoms with van der Waals surface area (Å²) < 4.78 is 4.05. The third kappa shape index (κ3) is 4.40. The molecule has 0 aromatic carbocycles. The van der Waals surface area contributed by atoms with Gasteiger partial charge in [0.05, 0.1) is 0 Å². The quantitative estimate of drug-likeness (QED) is 0.861. The molecule has 1 N–H and O–H groups in total. The number of hydrogen-bond acceptors (Lipinski definition) is 6. The fourth-order valence-corrected chi connectivity index (χ4v) is 3.11. The fourth-order valence-electron chi connectivity index (χ4n) is 2.47. The van der Waals surface area contributed by atoms with Crippen molar-refractivity contribution in [2.75, 3.05) is 44.6 Å². The van der Waals surface area contributed by atoms with Crippen molar-refractivity contribution in [3.63, 3.8) is 0 Å². The summed E-state index contributed by atoms with van der Waals surface area (Å²) in [4.78, 5) is 5.04. The van der Waals surface area contributed by atoms with Crippen LogP contribution in [-0.4, -0.2) is 58.7 Å². The van der Waals surface area contributed by atoms with Crippen molar-refractivity contribution in [3.8, 4) is 0 Å². The van der Waals surface area contributed by atoms with E-state index in [2.05, 4.69) is 45.5 Å². The molecule has 1 aliphatic heterocycles. The van der Waals surface area contributed by atoms with Gasteiger partial charge in [0.15, 0.2) is 0 Å². The molecule has 0 aliphatic carbocycles. The van der Waals surface area contributed by atoms with E-state index in [1.54, 1.807) is 0 Å². The van der Waals surface area contributed by atoms with Gasteiger partial charge in [0, 0.05) is 57.3 Å². The fraction of sp³-hybridized carbons (Fsp3) is 0.846. The molecule has 0 unspecified atom stereocenters. The molecule has 1 aromatic rings. The van der Waals surface area contributed by atoms with Gasteiger partial charge in [0.25, 0.3) is 0 Å². The van der Waals surface area contributed by atoms with Gasteiger partial charge in [-0.3, -0.25) is 4.90 Å². The van der Waals surface area contributed by atoms with Crippen LogP contribution >= 0.6 is 11.5 Å². The molecule has 2 rings (SSSR count). The maximum Gasteiger partial charge on any atom is 0.134 e. The van der Waals surface area contributed by atoms with Crippen molar-refractivity contribution >= 4 is 16.5 Å². The molecule has 0 amide bonds. The molecule has 1 saturated heterocycles. The minimum absolute atomic E-state index is 0.759. The summed E-state index contributed by atoms with van der Waals surface area (Å²) in [5, 5.41) is 8.72. The first kappa shape index (κ1) is 14.7. The summed E-state index contributed by atoms with van der Waals surface area (Å²) in [7, 11) is 0. The van der Waals surface area contributed by atoms with Crippen molar-refractivity contribution in [2.24, 2.45) is 5.92 Å². The summed E-state index contributed by atoms with van der Waals surface area (Å²) in [5.41, 5.74) is 1.10. The lowest BCUT2D eigenvalue weighted by Gasteiger charge is -2.35. The van der Waals surface area contributed by atoms with Crippen LogP contribution in [0.5, 0.6) is 0 Å². The van der Waals surface area contributed by atoms with Gasteiger partial charge < -0.3 is 10.2 Å². The van der Waals surface area contributed by atoms with E-state index in [1.807, 2.05) is 0 Å². The second kappa shape index (κ2) is 7.17. The first-order valence-electron chi connectivity index (χ1n) is 7.18. The monoisotopic (exact) mass is 283 g/mol. The number of rotatable bonds is 6. The van der Waals surface area contributed by atoms with Gasteiger partial charge in [-0.15, -0.1) is 5.10 Å². The molecule has 0 saturated carbocycles. The predicted octanol–water partition coefficient (Wildman–Crippen LogP) is 1.74. The van der Waals surface area contributed by atoms with Crippen LogP contribution in [0.15, 0.2) is 0 Å². The van der Waals surface area contributed by atoms with E-state index in [9.17, 15) is 0 Å². The Morgan fingerprint density at radius 1 is 1.21 bits per heavy atom. The van der Waals surface area contributed by atoms with Gasteiger partial charge in [0.1, 0.15) is 10.7 Å². The molecule has 5 nitrogen and oxygen atoms in total. The van der Waals surface area contributed by atoms with Crippen LogP contribution in [0.4, 0.5) is 5.00 Å². The highest BCUT2D eigenvalue weighted by molar-refractivity contribution is 7.10. The molecule has 1 fully saturated rings. The Kier molecular flexibility index (Phi) is 5.54. The van der Waals surface area contributed by atoms with Gasteiger partial charge in [-0.2, -0.15) is 0 Å². The molecular weight excluding hydrogens is 258 g/mol. The molecule has 2 heterocycles. The lowest BCUT2D eigenvalue weighted by Crippen LogP contribution is -2.46. The van der Waals surface area contributed by atoms with Crippen LogP contribution in [0.1, 0.15) is 26.5 Å². The highest BCUT2D eigenvalue weighted by Crippen LogP contribution is 2.19. The highest BCUT2D eigenvalue weighted by Gasteiger charge is 2.19. The van der Waals surface area contributed by atoms with E-state index in [4.69, 9.17) is 0 Å². The Balaban J connectivity index is 1.80. The van der Waals surface area contributed by atoms with E-state index in [0.29, 0.717) is 0 Å². The van der Waals surface area contributed by atoms with Crippen LogP contribution in [0.25, 0.3) is 0 Å². The smallest absolute Gasteiger partial charge is 0.134 e. The first-order valence-corrected chi connectivity index (χ1v) is 7.96. The van der Waals surface area contributed by atoms with E-state index >= 15 is 0 Å². The van der Waals surface area contributed by atoms with Crippen molar-refractivity contribution < 1.29 is 0 Å². The Morgan fingerprint density at radius 2 is 1.89 bits per heavy atom. The van der Waals surface area contributed by atoms with Crippen molar-refractivity contribution in [1.29, 1.82) is 0 Å². The average Bonchev–Trinajstić information content (AvgIpc) is 2.79. The van der Waals surface area contributed by atoms with Gasteiger partial charge in [-0.05, 0) is 12.8 Å². The molecule has 6 heteroatoms. The Bertz CT molecular complexity index is 371. The zero-order valence-corrected chi connectivity index (χ0v) is 13.0. The summed E-state index contributed by atoms with van der Waals surface area (Å²) in [6.45, 7) is 14.4. The summed E-state index contributed by atoms with van der Waals surface area (Å²) >= 11 is 1.46. The minimum atomic E-state index is 0.759. The standard InChI is InChI=1S/C13H25N5S/c1-4-14-13-12(15-16-19-13)10-18-7-5-17(6-8-18)9-11(2)3/h11,14H,4-10H2,1-3H3. The maximum atomic E-state index is 4.25. The van der Waals surface area contributed by atoms with Crippen LogP contribution in [0.3, 0.4) is 0 Å². The third-order valence-electron chi connectivity index (χ3n) is 3.35. The average molecular weight is 283 g/mol.